The van der Waals surface area contributed by atoms with Gasteiger partial charge >= 0.3 is 23.9 Å². The summed E-state index contributed by atoms with van der Waals surface area (Å²) in [5, 5.41) is 29.0. The second-order valence-electron chi connectivity index (χ2n) is 8.26. The Morgan fingerprint density at radius 1 is 0.692 bits per heavy atom. The third-order valence-corrected chi connectivity index (χ3v) is 7.75. The van der Waals surface area contributed by atoms with E-state index in [1.165, 1.54) is 7.11 Å². The van der Waals surface area contributed by atoms with E-state index >= 15 is 0 Å². The van der Waals surface area contributed by atoms with Gasteiger partial charge in [0.2, 0.25) is 0 Å². The summed E-state index contributed by atoms with van der Waals surface area (Å²) in [5.41, 5.74) is 0. The van der Waals surface area contributed by atoms with Crippen molar-refractivity contribution in [3.63, 3.8) is 0 Å². The first-order valence-electron chi connectivity index (χ1n) is 9.05. The van der Waals surface area contributed by atoms with Gasteiger partial charge in [0.25, 0.3) is 0 Å². The van der Waals surface area contributed by atoms with Crippen molar-refractivity contribution in [3.05, 3.63) is 0 Å². The lowest BCUT2D eigenvalue weighted by atomic mass is 9.45. The number of hydrogen-bond donors (Lipinski definition) is 3. The first-order valence-corrected chi connectivity index (χ1v) is 9.05. The first kappa shape index (κ1) is 17.3. The number of carbonyl (C=O) groups excluding carboxylic acids is 1. The molecule has 0 aromatic heterocycles. The van der Waals surface area contributed by atoms with Gasteiger partial charge in [-0.05, 0) is 54.8 Å². The molecule has 0 saturated heterocycles. The van der Waals surface area contributed by atoms with E-state index in [0.29, 0.717) is 19.3 Å². The number of carboxylic acids is 3. The largest absolute Gasteiger partial charge is 0.481 e. The third kappa shape index (κ3) is 2.01. The molecule has 5 aliphatic rings. The number of hydrogen-bond acceptors (Lipinski definition) is 5. The highest BCUT2D eigenvalue weighted by Gasteiger charge is 2.71. The van der Waals surface area contributed by atoms with Crippen molar-refractivity contribution in [3.8, 4) is 0 Å². The van der Waals surface area contributed by atoms with Crippen LogP contribution in [0.3, 0.4) is 0 Å². The Morgan fingerprint density at radius 2 is 1.08 bits per heavy atom. The predicted molar refractivity (Wildman–Crippen MR) is 83.7 cm³/mol. The minimum Gasteiger partial charge on any atom is -0.481 e. The zero-order valence-electron chi connectivity index (χ0n) is 14.3. The molecule has 0 heterocycles. The third-order valence-electron chi connectivity index (χ3n) is 7.75. The normalized spacial score (nSPS) is 48.0. The molecule has 8 nitrogen and oxygen atoms in total. The van der Waals surface area contributed by atoms with E-state index in [9.17, 15) is 34.5 Å². The smallest absolute Gasteiger partial charge is 0.309 e. The maximum absolute atomic E-state index is 12.4. The van der Waals surface area contributed by atoms with Crippen molar-refractivity contribution in [2.75, 3.05) is 7.11 Å². The van der Waals surface area contributed by atoms with E-state index in [2.05, 4.69) is 0 Å². The topological polar surface area (TPSA) is 138 Å². The van der Waals surface area contributed by atoms with Crippen LogP contribution in [-0.2, 0) is 23.9 Å². The van der Waals surface area contributed by atoms with Crippen LogP contribution >= 0.6 is 0 Å². The molecule has 8 heteroatoms. The fourth-order valence-corrected chi connectivity index (χ4v) is 7.32. The summed E-state index contributed by atoms with van der Waals surface area (Å²) in [7, 11) is 1.24. The van der Waals surface area contributed by atoms with Crippen molar-refractivity contribution in [2.45, 2.75) is 19.3 Å². The monoisotopic (exact) mass is 366 g/mol. The van der Waals surface area contributed by atoms with Gasteiger partial charge < -0.3 is 20.1 Å². The molecule has 0 aromatic rings. The number of methoxy groups -OCH3 is 1. The van der Waals surface area contributed by atoms with Gasteiger partial charge in [0.15, 0.2) is 0 Å². The molecule has 0 spiro atoms. The number of esters is 1. The number of aliphatic carboxylic acids is 3. The molecule has 5 fully saturated rings. The second-order valence-corrected chi connectivity index (χ2v) is 8.26. The molecular formula is C18H22O8. The van der Waals surface area contributed by atoms with E-state index in [-0.39, 0.29) is 35.5 Å². The van der Waals surface area contributed by atoms with E-state index < -0.39 is 47.5 Å². The van der Waals surface area contributed by atoms with Crippen LogP contribution in [0.5, 0.6) is 0 Å². The van der Waals surface area contributed by atoms with E-state index in [1.807, 2.05) is 0 Å². The van der Waals surface area contributed by atoms with Crippen LogP contribution in [0.25, 0.3) is 0 Å². The quantitative estimate of drug-likeness (QED) is 0.621. The summed E-state index contributed by atoms with van der Waals surface area (Å²) < 4.78 is 4.87. The molecule has 0 aliphatic heterocycles. The highest BCUT2D eigenvalue weighted by molar-refractivity contribution is 5.84. The van der Waals surface area contributed by atoms with Crippen molar-refractivity contribution in [2.24, 2.45) is 59.2 Å². The molecule has 26 heavy (non-hydrogen) atoms. The molecule has 0 amide bonds. The Hall–Kier alpha value is -2.12. The molecule has 0 aromatic carbocycles. The molecule has 0 radical (unpaired) electrons. The summed E-state index contributed by atoms with van der Waals surface area (Å²) >= 11 is 0. The van der Waals surface area contributed by atoms with Crippen LogP contribution in [0.1, 0.15) is 19.3 Å². The molecule has 10 atom stereocenters. The van der Waals surface area contributed by atoms with Crippen LogP contribution in [0.4, 0.5) is 0 Å². The summed E-state index contributed by atoms with van der Waals surface area (Å²) in [6.07, 6.45) is 1.81. The summed E-state index contributed by atoms with van der Waals surface area (Å²) in [4.78, 5) is 47.8. The number of ether oxygens (including phenoxy) is 1. The lowest BCUT2D eigenvalue weighted by molar-refractivity contribution is -0.189. The molecule has 4 bridgehead atoms. The van der Waals surface area contributed by atoms with Gasteiger partial charge in [-0.3, -0.25) is 19.2 Å². The molecule has 5 aliphatic carbocycles. The number of fused-ring (bicyclic) bond motifs is 4. The van der Waals surface area contributed by atoms with Gasteiger partial charge in [0.05, 0.1) is 30.8 Å². The molecule has 5 rings (SSSR count). The number of carboxylic acid groups (broad SMARTS) is 3. The van der Waals surface area contributed by atoms with Crippen molar-refractivity contribution < 1.29 is 39.2 Å². The first-order chi connectivity index (χ1) is 12.3. The molecule has 3 N–H and O–H groups in total. The van der Waals surface area contributed by atoms with Crippen LogP contribution < -0.4 is 0 Å². The van der Waals surface area contributed by atoms with Gasteiger partial charge in [0.1, 0.15) is 0 Å². The minimum atomic E-state index is -1.11. The average Bonchev–Trinajstić information content (AvgIpc) is 3.18. The van der Waals surface area contributed by atoms with E-state index in [0.717, 1.165) is 0 Å². The Kier molecular flexibility index (Phi) is 3.79. The number of rotatable bonds is 4. The minimum absolute atomic E-state index is 0.102. The molecule has 5 saturated carbocycles. The standard InChI is InChI=1S/C18H22O8/c1-26-18(25)14-6-3-2-5(11(14)15(19)20)9-7-4-8(10(6)9)13(17(23)24)12(7)16(21)22/h5-14H,2-4H2,1H3,(H,19,20)(H,21,22)(H,23,24)/t5-,6+,7+,8-,9?,10?,11-,12+,13-,14+/m0/s1. The highest BCUT2D eigenvalue weighted by Crippen LogP contribution is 2.70. The van der Waals surface area contributed by atoms with Crippen LogP contribution in [0, 0.1) is 59.2 Å². The summed E-state index contributed by atoms with van der Waals surface area (Å²) in [5.74, 6) is -8.77. The Labute approximate surface area is 149 Å². The van der Waals surface area contributed by atoms with Crippen molar-refractivity contribution in [1.82, 2.24) is 0 Å². The fraction of sp³-hybridized carbons (Fsp3) is 0.778. The second kappa shape index (κ2) is 5.69. The van der Waals surface area contributed by atoms with Crippen LogP contribution in [0.15, 0.2) is 0 Å². The Morgan fingerprint density at radius 3 is 1.46 bits per heavy atom. The van der Waals surface area contributed by atoms with Crippen LogP contribution in [0.2, 0.25) is 0 Å². The van der Waals surface area contributed by atoms with Crippen molar-refractivity contribution in [1.29, 1.82) is 0 Å². The number of carbonyl (C=O) groups is 4. The maximum Gasteiger partial charge on any atom is 0.309 e. The lowest BCUT2D eigenvalue weighted by Gasteiger charge is -2.57. The maximum atomic E-state index is 12.4. The highest BCUT2D eigenvalue weighted by atomic mass is 16.5. The molecule has 142 valence electrons. The predicted octanol–water partition coefficient (Wildman–Crippen LogP) is 0.800. The van der Waals surface area contributed by atoms with Gasteiger partial charge in [0, 0.05) is 0 Å². The zero-order chi connectivity index (χ0) is 18.9. The lowest BCUT2D eigenvalue weighted by Crippen LogP contribution is -2.60. The SMILES string of the molecule is COC(=O)[C@H]1[C@@H](C(=O)O)[C@H]2CC[C@@H]1C1C2[C@H]2C[C@@H]1[C@H](C(=O)O)[C@@H]2C(=O)O. The molecule has 2 unspecified atom stereocenters. The molecular weight excluding hydrogens is 344 g/mol. The van der Waals surface area contributed by atoms with Gasteiger partial charge in [-0.1, -0.05) is 0 Å². The van der Waals surface area contributed by atoms with Crippen molar-refractivity contribution >= 4 is 23.9 Å². The fourth-order valence-electron chi connectivity index (χ4n) is 7.32. The van der Waals surface area contributed by atoms with E-state index in [1.54, 1.807) is 0 Å². The van der Waals surface area contributed by atoms with Crippen LogP contribution in [-0.4, -0.2) is 46.3 Å². The van der Waals surface area contributed by atoms with Gasteiger partial charge in [-0.2, -0.15) is 0 Å². The average molecular weight is 366 g/mol. The Balaban J connectivity index is 1.77. The summed E-state index contributed by atoms with van der Waals surface area (Å²) in [6, 6.07) is 0. The van der Waals surface area contributed by atoms with Gasteiger partial charge in [-0.15, -0.1) is 0 Å². The van der Waals surface area contributed by atoms with Gasteiger partial charge in [-0.25, -0.2) is 0 Å². The summed E-state index contributed by atoms with van der Waals surface area (Å²) in [6.45, 7) is 0. The zero-order valence-corrected chi connectivity index (χ0v) is 14.3. The Bertz CT molecular complexity index is 687. The van der Waals surface area contributed by atoms with E-state index in [4.69, 9.17) is 4.74 Å².